The van der Waals surface area contributed by atoms with Crippen LogP contribution in [0.1, 0.15) is 16.8 Å². The fraction of sp³-hybridized carbons (Fsp3) is 0.400. The van der Waals surface area contributed by atoms with Crippen LogP contribution in [0.4, 0.5) is 0 Å². The number of pyridine rings is 1. The van der Waals surface area contributed by atoms with Gasteiger partial charge in [0.15, 0.2) is 0 Å². The summed E-state index contributed by atoms with van der Waals surface area (Å²) in [4.78, 5) is 15.4. The van der Waals surface area contributed by atoms with Gasteiger partial charge in [-0.3, -0.25) is 4.98 Å². The quantitative estimate of drug-likeness (QED) is 0.768. The van der Waals surface area contributed by atoms with Gasteiger partial charge in [0.25, 0.3) is 0 Å². The molecule has 1 aliphatic rings. The van der Waals surface area contributed by atoms with Crippen molar-refractivity contribution in [1.82, 2.24) is 10.3 Å². The molecule has 1 aromatic heterocycles. The molecule has 1 aromatic rings. The summed E-state index contributed by atoms with van der Waals surface area (Å²) in [5, 5.41) is 3.14. The fourth-order valence-corrected chi connectivity index (χ4v) is 1.44. The Hall–Kier alpha value is -1.13. The number of aromatic nitrogens is 1. The number of rotatable bonds is 2. The molecule has 1 fully saturated rings. The van der Waals surface area contributed by atoms with Crippen molar-refractivity contribution >= 4 is 18.4 Å². The monoisotopic (exact) mass is 228 g/mol. The average molecular weight is 229 g/mol. The van der Waals surface area contributed by atoms with Crippen LogP contribution in [0.2, 0.25) is 0 Å². The molecule has 0 saturated carbocycles. The first-order valence-electron chi connectivity index (χ1n) is 4.68. The molecular weight excluding hydrogens is 216 g/mol. The number of ether oxygens (including phenoxy) is 1. The largest absolute Gasteiger partial charge is 0.457 e. The van der Waals surface area contributed by atoms with Gasteiger partial charge in [-0.1, -0.05) is 0 Å². The zero-order valence-electron chi connectivity index (χ0n) is 8.18. The van der Waals surface area contributed by atoms with Crippen molar-refractivity contribution in [3.63, 3.8) is 0 Å². The standard InChI is InChI=1S/C10H12N2O2.ClH/c13-10(8-1-4-11-5-2-8)14-9-3-6-12-7-9;/h1-2,4-5,9,12H,3,6-7H2;1H. The van der Waals surface area contributed by atoms with Gasteiger partial charge in [0.2, 0.25) is 0 Å². The number of hydrogen-bond acceptors (Lipinski definition) is 4. The van der Waals surface area contributed by atoms with Crippen molar-refractivity contribution in [3.8, 4) is 0 Å². The number of nitrogens with one attached hydrogen (secondary N) is 1. The van der Waals surface area contributed by atoms with Gasteiger partial charge in [-0.15, -0.1) is 12.4 Å². The molecule has 0 bridgehead atoms. The molecule has 1 atom stereocenters. The molecule has 1 N–H and O–H groups in total. The predicted molar refractivity (Wildman–Crippen MR) is 58.2 cm³/mol. The lowest BCUT2D eigenvalue weighted by molar-refractivity contribution is 0.0344. The molecule has 2 rings (SSSR count). The van der Waals surface area contributed by atoms with Gasteiger partial charge in [-0.2, -0.15) is 0 Å². The Morgan fingerprint density at radius 2 is 2.20 bits per heavy atom. The Balaban J connectivity index is 0.00000112. The van der Waals surface area contributed by atoms with E-state index in [0.717, 1.165) is 19.5 Å². The fourth-order valence-electron chi connectivity index (χ4n) is 1.44. The topological polar surface area (TPSA) is 51.2 Å². The Bertz CT molecular complexity index is 312. The van der Waals surface area contributed by atoms with Crippen LogP contribution in [0.3, 0.4) is 0 Å². The summed E-state index contributed by atoms with van der Waals surface area (Å²) in [6.45, 7) is 1.69. The van der Waals surface area contributed by atoms with Crippen molar-refractivity contribution in [2.75, 3.05) is 13.1 Å². The smallest absolute Gasteiger partial charge is 0.338 e. The summed E-state index contributed by atoms with van der Waals surface area (Å²) in [7, 11) is 0. The second-order valence-corrected chi connectivity index (χ2v) is 3.26. The molecule has 0 radical (unpaired) electrons. The maximum Gasteiger partial charge on any atom is 0.338 e. The van der Waals surface area contributed by atoms with E-state index >= 15 is 0 Å². The first-order valence-corrected chi connectivity index (χ1v) is 4.68. The lowest BCUT2D eigenvalue weighted by Gasteiger charge is -2.09. The van der Waals surface area contributed by atoms with Crippen LogP contribution in [-0.4, -0.2) is 30.1 Å². The average Bonchev–Trinajstić information content (AvgIpc) is 2.72. The first kappa shape index (κ1) is 11.9. The van der Waals surface area contributed by atoms with Crippen LogP contribution in [0.5, 0.6) is 0 Å². The molecule has 4 nitrogen and oxygen atoms in total. The lowest BCUT2D eigenvalue weighted by atomic mass is 10.2. The Morgan fingerprint density at radius 1 is 1.47 bits per heavy atom. The molecule has 15 heavy (non-hydrogen) atoms. The third-order valence-corrected chi connectivity index (χ3v) is 2.20. The van der Waals surface area contributed by atoms with Crippen LogP contribution in [0, 0.1) is 0 Å². The molecule has 0 spiro atoms. The molecule has 0 aliphatic carbocycles. The number of nitrogens with zero attached hydrogens (tertiary/aromatic N) is 1. The van der Waals surface area contributed by atoms with Crippen LogP contribution in [-0.2, 0) is 4.74 Å². The number of esters is 1. The van der Waals surface area contributed by atoms with E-state index in [4.69, 9.17) is 4.74 Å². The third-order valence-electron chi connectivity index (χ3n) is 2.20. The van der Waals surface area contributed by atoms with Gasteiger partial charge in [0.05, 0.1) is 5.56 Å². The van der Waals surface area contributed by atoms with E-state index in [1.807, 2.05) is 0 Å². The molecule has 82 valence electrons. The van der Waals surface area contributed by atoms with Crippen LogP contribution >= 0.6 is 12.4 Å². The van der Waals surface area contributed by atoms with E-state index < -0.39 is 0 Å². The Morgan fingerprint density at radius 3 is 2.80 bits per heavy atom. The molecule has 1 saturated heterocycles. The molecule has 1 unspecified atom stereocenters. The second kappa shape index (κ2) is 5.68. The minimum Gasteiger partial charge on any atom is -0.457 e. The normalized spacial score (nSPS) is 19.3. The van der Waals surface area contributed by atoms with E-state index in [-0.39, 0.29) is 24.5 Å². The van der Waals surface area contributed by atoms with Crippen molar-refractivity contribution in [2.24, 2.45) is 0 Å². The maximum absolute atomic E-state index is 11.5. The molecule has 0 aromatic carbocycles. The minimum atomic E-state index is -0.263. The second-order valence-electron chi connectivity index (χ2n) is 3.26. The van der Waals surface area contributed by atoms with E-state index in [2.05, 4.69) is 10.3 Å². The summed E-state index contributed by atoms with van der Waals surface area (Å²) >= 11 is 0. The SMILES string of the molecule is Cl.O=C(OC1CCNC1)c1ccncc1. The highest BCUT2D eigenvalue weighted by molar-refractivity contribution is 5.89. The zero-order valence-corrected chi connectivity index (χ0v) is 9.00. The van der Waals surface area contributed by atoms with Gasteiger partial charge >= 0.3 is 5.97 Å². The summed E-state index contributed by atoms with van der Waals surface area (Å²) < 4.78 is 5.27. The summed E-state index contributed by atoms with van der Waals surface area (Å²) in [6, 6.07) is 3.31. The third kappa shape index (κ3) is 3.18. The van der Waals surface area contributed by atoms with Gasteiger partial charge in [0.1, 0.15) is 6.10 Å². The number of carbonyl (C=O) groups is 1. The van der Waals surface area contributed by atoms with Gasteiger partial charge in [0, 0.05) is 18.9 Å². The Kier molecular flexibility index (Phi) is 4.52. The first-order chi connectivity index (χ1) is 6.86. The lowest BCUT2D eigenvalue weighted by Crippen LogP contribution is -2.20. The molecular formula is C10H13ClN2O2. The number of hydrogen-bond donors (Lipinski definition) is 1. The Labute approximate surface area is 94.4 Å². The maximum atomic E-state index is 11.5. The van der Waals surface area contributed by atoms with Crippen LogP contribution < -0.4 is 5.32 Å². The van der Waals surface area contributed by atoms with Crippen LogP contribution in [0.25, 0.3) is 0 Å². The summed E-state index contributed by atoms with van der Waals surface area (Å²) in [5.74, 6) is -0.263. The summed E-state index contributed by atoms with van der Waals surface area (Å²) in [5.41, 5.74) is 0.562. The van der Waals surface area contributed by atoms with E-state index in [1.54, 1.807) is 24.5 Å². The van der Waals surface area contributed by atoms with Crippen LogP contribution in [0.15, 0.2) is 24.5 Å². The zero-order chi connectivity index (χ0) is 9.80. The summed E-state index contributed by atoms with van der Waals surface area (Å²) in [6.07, 6.45) is 4.10. The molecule has 2 heterocycles. The van der Waals surface area contributed by atoms with E-state index in [1.165, 1.54) is 0 Å². The van der Waals surface area contributed by atoms with E-state index in [9.17, 15) is 4.79 Å². The molecule has 1 aliphatic heterocycles. The van der Waals surface area contributed by atoms with Crippen molar-refractivity contribution in [2.45, 2.75) is 12.5 Å². The number of carbonyl (C=O) groups excluding carboxylic acids is 1. The van der Waals surface area contributed by atoms with Crippen molar-refractivity contribution in [3.05, 3.63) is 30.1 Å². The highest BCUT2D eigenvalue weighted by Crippen LogP contribution is 2.07. The minimum absolute atomic E-state index is 0. The van der Waals surface area contributed by atoms with Crippen molar-refractivity contribution in [1.29, 1.82) is 0 Å². The molecule has 0 amide bonds. The number of halogens is 1. The van der Waals surface area contributed by atoms with Gasteiger partial charge < -0.3 is 10.1 Å². The highest BCUT2D eigenvalue weighted by Gasteiger charge is 2.19. The van der Waals surface area contributed by atoms with Gasteiger partial charge in [-0.25, -0.2) is 4.79 Å². The van der Waals surface area contributed by atoms with Crippen molar-refractivity contribution < 1.29 is 9.53 Å². The predicted octanol–water partition coefficient (Wildman–Crippen LogP) is 1.02. The van der Waals surface area contributed by atoms with E-state index in [0.29, 0.717) is 5.56 Å². The highest BCUT2D eigenvalue weighted by atomic mass is 35.5. The van der Waals surface area contributed by atoms with Gasteiger partial charge in [-0.05, 0) is 25.1 Å². The molecule has 5 heteroatoms.